The fourth-order valence-electron chi connectivity index (χ4n) is 7.52. The maximum absolute atomic E-state index is 15.2. The molecule has 168 valence electrons. The molecule has 0 heterocycles. The lowest BCUT2D eigenvalue weighted by atomic mass is 9.61. The molecule has 0 aromatic carbocycles. The summed E-state index contributed by atoms with van der Waals surface area (Å²) in [7, 11) is 0. The molecule has 29 heavy (non-hydrogen) atoms. The number of halogens is 4. The molecule has 0 amide bonds. The maximum Gasteiger partial charge on any atom is 0.135 e. The van der Waals surface area contributed by atoms with Gasteiger partial charge in [-0.25, -0.2) is 17.6 Å². The van der Waals surface area contributed by atoms with Crippen molar-refractivity contribution in [2.24, 2.45) is 41.4 Å². The molecule has 8 atom stereocenters. The molecular formula is C25H40F4. The molecule has 4 saturated carbocycles. The van der Waals surface area contributed by atoms with Gasteiger partial charge in [0.1, 0.15) is 24.7 Å². The topological polar surface area (TPSA) is 0 Å². The van der Waals surface area contributed by atoms with E-state index >= 15 is 17.6 Å². The Bertz CT molecular complexity index is 511. The summed E-state index contributed by atoms with van der Waals surface area (Å²) in [4.78, 5) is 0. The van der Waals surface area contributed by atoms with E-state index in [0.29, 0.717) is 31.6 Å². The maximum atomic E-state index is 15.2. The highest BCUT2D eigenvalue weighted by Gasteiger charge is 2.52. The number of rotatable bonds is 3. The summed E-state index contributed by atoms with van der Waals surface area (Å²) >= 11 is 0. The third kappa shape index (κ3) is 4.52. The molecule has 0 aliphatic heterocycles. The lowest BCUT2D eigenvalue weighted by Crippen LogP contribution is -2.50. The summed E-state index contributed by atoms with van der Waals surface area (Å²) < 4.78 is 60.6. The van der Waals surface area contributed by atoms with Crippen LogP contribution in [0.1, 0.15) is 90.4 Å². The van der Waals surface area contributed by atoms with Gasteiger partial charge in [0.2, 0.25) is 0 Å². The fourth-order valence-corrected chi connectivity index (χ4v) is 7.52. The van der Waals surface area contributed by atoms with Crippen LogP contribution in [0.5, 0.6) is 0 Å². The van der Waals surface area contributed by atoms with Crippen molar-refractivity contribution >= 4 is 0 Å². The van der Waals surface area contributed by atoms with E-state index in [4.69, 9.17) is 0 Å². The second kappa shape index (κ2) is 9.47. The first-order valence-electron chi connectivity index (χ1n) is 12.5. The molecular weight excluding hydrogens is 376 g/mol. The normalized spacial score (nSPS) is 50.4. The average Bonchev–Trinajstić information content (AvgIpc) is 2.74. The molecule has 0 N–H and O–H groups in total. The van der Waals surface area contributed by atoms with Gasteiger partial charge in [-0.2, -0.15) is 0 Å². The monoisotopic (exact) mass is 416 g/mol. The van der Waals surface area contributed by atoms with E-state index < -0.39 is 36.5 Å². The lowest BCUT2D eigenvalue weighted by molar-refractivity contribution is -0.0809. The summed E-state index contributed by atoms with van der Waals surface area (Å²) in [5.74, 6) is -0.437. The Labute approximate surface area is 174 Å². The van der Waals surface area contributed by atoms with E-state index in [1.165, 1.54) is 6.42 Å². The number of hydrogen-bond donors (Lipinski definition) is 0. The first-order chi connectivity index (χ1) is 14.0. The summed E-state index contributed by atoms with van der Waals surface area (Å²) in [5, 5.41) is 0. The predicted octanol–water partition coefficient (Wildman–Crippen LogP) is 7.80. The van der Waals surface area contributed by atoms with Crippen LogP contribution < -0.4 is 0 Å². The van der Waals surface area contributed by atoms with Gasteiger partial charge < -0.3 is 0 Å². The van der Waals surface area contributed by atoms with Crippen LogP contribution in [-0.2, 0) is 0 Å². The summed E-state index contributed by atoms with van der Waals surface area (Å²) in [6.45, 7) is 2.23. The standard InChI is InChI=1S/C25H40F4/c1-15-7-9-17(10-8-15)19-12-14-21(25(29)23(19)27)20-13-11-18(22(26)24(20)28)16-5-3-2-4-6-16/h15-25H,2-14H2,1H3. The van der Waals surface area contributed by atoms with E-state index in [9.17, 15) is 0 Å². The average molecular weight is 417 g/mol. The SMILES string of the molecule is CC1CCC(C2CCC(C3CCC(C4CCCCC4)C(F)C3F)C(F)C2F)CC1. The van der Waals surface area contributed by atoms with Crippen molar-refractivity contribution in [1.29, 1.82) is 0 Å². The first kappa shape index (κ1) is 21.9. The smallest absolute Gasteiger partial charge is 0.135 e. The molecule has 4 rings (SSSR count). The Hall–Kier alpha value is -0.280. The molecule has 0 saturated heterocycles. The Kier molecular flexibility index (Phi) is 7.16. The zero-order valence-electron chi connectivity index (χ0n) is 18.1. The van der Waals surface area contributed by atoms with Crippen LogP contribution in [0.2, 0.25) is 0 Å². The molecule has 0 bridgehead atoms. The zero-order valence-corrected chi connectivity index (χ0v) is 18.1. The molecule has 0 nitrogen and oxygen atoms in total. The van der Waals surface area contributed by atoms with Gasteiger partial charge in [0, 0.05) is 0 Å². The number of alkyl halides is 4. The minimum atomic E-state index is -1.62. The molecule has 4 aliphatic carbocycles. The van der Waals surface area contributed by atoms with E-state index in [0.717, 1.165) is 51.4 Å². The quantitative estimate of drug-likeness (QED) is 0.412. The van der Waals surface area contributed by atoms with Crippen LogP contribution in [0.3, 0.4) is 0 Å². The molecule has 4 heteroatoms. The first-order valence-corrected chi connectivity index (χ1v) is 12.5. The van der Waals surface area contributed by atoms with Crippen LogP contribution in [0.4, 0.5) is 17.6 Å². The van der Waals surface area contributed by atoms with Crippen molar-refractivity contribution in [2.75, 3.05) is 0 Å². The lowest BCUT2D eigenvalue weighted by Gasteiger charge is -2.47. The van der Waals surface area contributed by atoms with Gasteiger partial charge in [-0.15, -0.1) is 0 Å². The molecule has 0 radical (unpaired) electrons. The Morgan fingerprint density at radius 2 is 0.793 bits per heavy atom. The van der Waals surface area contributed by atoms with Crippen LogP contribution in [-0.4, -0.2) is 24.7 Å². The predicted molar refractivity (Wildman–Crippen MR) is 110 cm³/mol. The van der Waals surface area contributed by atoms with Crippen LogP contribution in [0.15, 0.2) is 0 Å². The van der Waals surface area contributed by atoms with E-state index in [2.05, 4.69) is 6.92 Å². The van der Waals surface area contributed by atoms with E-state index in [-0.39, 0.29) is 23.7 Å². The number of hydrogen-bond acceptors (Lipinski definition) is 0. The Morgan fingerprint density at radius 3 is 1.28 bits per heavy atom. The molecule has 0 aromatic rings. The second-order valence-electron chi connectivity index (χ2n) is 11.0. The van der Waals surface area contributed by atoms with Gasteiger partial charge in [0.15, 0.2) is 0 Å². The van der Waals surface area contributed by atoms with Crippen LogP contribution in [0.25, 0.3) is 0 Å². The summed E-state index contributed by atoms with van der Waals surface area (Å²) in [6.07, 6.45) is 5.82. The summed E-state index contributed by atoms with van der Waals surface area (Å²) in [6, 6.07) is 0. The minimum absolute atomic E-state index is 0.207. The van der Waals surface area contributed by atoms with Crippen LogP contribution >= 0.6 is 0 Å². The van der Waals surface area contributed by atoms with Crippen molar-refractivity contribution in [3.05, 3.63) is 0 Å². The van der Waals surface area contributed by atoms with Crippen LogP contribution in [0, 0.1) is 41.4 Å². The highest BCUT2D eigenvalue weighted by atomic mass is 19.2. The third-order valence-electron chi connectivity index (χ3n) is 9.38. The molecule has 8 unspecified atom stereocenters. The zero-order chi connectivity index (χ0) is 20.5. The van der Waals surface area contributed by atoms with E-state index in [1.54, 1.807) is 0 Å². The minimum Gasteiger partial charge on any atom is -0.244 e. The van der Waals surface area contributed by atoms with Crippen molar-refractivity contribution in [1.82, 2.24) is 0 Å². The van der Waals surface area contributed by atoms with E-state index in [1.807, 2.05) is 0 Å². The third-order valence-corrected chi connectivity index (χ3v) is 9.38. The largest absolute Gasteiger partial charge is 0.244 e. The fraction of sp³-hybridized carbons (Fsp3) is 1.00. The van der Waals surface area contributed by atoms with Gasteiger partial charge in [0.25, 0.3) is 0 Å². The van der Waals surface area contributed by atoms with Gasteiger partial charge in [-0.1, -0.05) is 51.9 Å². The second-order valence-corrected chi connectivity index (χ2v) is 11.0. The van der Waals surface area contributed by atoms with Gasteiger partial charge in [0.05, 0.1) is 0 Å². The van der Waals surface area contributed by atoms with Crippen molar-refractivity contribution < 1.29 is 17.6 Å². The highest BCUT2D eigenvalue weighted by Crippen LogP contribution is 2.50. The molecule has 4 aliphatic rings. The highest BCUT2D eigenvalue weighted by molar-refractivity contribution is 5.00. The van der Waals surface area contributed by atoms with Crippen molar-refractivity contribution in [3.63, 3.8) is 0 Å². The Morgan fingerprint density at radius 1 is 0.414 bits per heavy atom. The van der Waals surface area contributed by atoms with Gasteiger partial charge in [-0.05, 0) is 80.0 Å². The van der Waals surface area contributed by atoms with Crippen molar-refractivity contribution in [2.45, 2.75) is 115 Å². The van der Waals surface area contributed by atoms with Crippen molar-refractivity contribution in [3.8, 4) is 0 Å². The Balaban J connectivity index is 1.36. The van der Waals surface area contributed by atoms with Gasteiger partial charge >= 0.3 is 0 Å². The summed E-state index contributed by atoms with van der Waals surface area (Å²) in [5.41, 5.74) is 0. The van der Waals surface area contributed by atoms with Gasteiger partial charge in [-0.3, -0.25) is 0 Å². The molecule has 0 spiro atoms. The molecule has 4 fully saturated rings. The molecule has 0 aromatic heterocycles.